The maximum atomic E-state index is 13.5. The minimum atomic E-state index is -4.58. The van der Waals surface area contributed by atoms with Gasteiger partial charge in [0.05, 0.1) is 29.4 Å². The first kappa shape index (κ1) is 22.7. The van der Waals surface area contributed by atoms with Crippen molar-refractivity contribution >= 4 is 17.3 Å². The standard InChI is InChI=1S/C20H27ClF3N3O/c1-13(2)5-9-28-17-11-15(10-16(18(17)21)20(22,23)24)19-14(4-7-26-19)12-27(3)8-6-25/h4,10-11,13H,5-9,12,25H2,1-3H3. The predicted octanol–water partition coefficient (Wildman–Crippen LogP) is 4.40. The minimum absolute atomic E-state index is 0.0383. The van der Waals surface area contributed by atoms with E-state index in [9.17, 15) is 13.2 Å². The van der Waals surface area contributed by atoms with Crippen molar-refractivity contribution < 1.29 is 17.9 Å². The molecule has 4 nitrogen and oxygen atoms in total. The van der Waals surface area contributed by atoms with Crippen LogP contribution in [0.4, 0.5) is 13.2 Å². The maximum Gasteiger partial charge on any atom is 0.418 e. The normalized spacial score (nSPS) is 14.6. The summed E-state index contributed by atoms with van der Waals surface area (Å²) >= 11 is 6.03. The average molecular weight is 418 g/mol. The van der Waals surface area contributed by atoms with Gasteiger partial charge in [-0.2, -0.15) is 13.2 Å². The highest BCUT2D eigenvalue weighted by molar-refractivity contribution is 6.33. The van der Waals surface area contributed by atoms with Gasteiger partial charge in [-0.15, -0.1) is 0 Å². The molecule has 1 aromatic carbocycles. The Bertz CT molecular complexity index is 745. The molecule has 0 aromatic heterocycles. The first-order valence-corrected chi connectivity index (χ1v) is 9.67. The zero-order valence-electron chi connectivity index (χ0n) is 16.4. The monoisotopic (exact) mass is 417 g/mol. The molecule has 1 aliphatic heterocycles. The lowest BCUT2D eigenvalue weighted by Crippen LogP contribution is -2.29. The van der Waals surface area contributed by atoms with Crippen LogP contribution in [-0.2, 0) is 6.18 Å². The van der Waals surface area contributed by atoms with E-state index in [1.54, 1.807) is 6.07 Å². The molecule has 156 valence electrons. The smallest absolute Gasteiger partial charge is 0.418 e. The number of aliphatic imine (C=N–C) groups is 1. The van der Waals surface area contributed by atoms with Crippen LogP contribution < -0.4 is 10.5 Å². The van der Waals surface area contributed by atoms with Crippen molar-refractivity contribution in [3.8, 4) is 5.75 Å². The number of hydrogen-bond donors (Lipinski definition) is 1. The Balaban J connectivity index is 2.36. The summed E-state index contributed by atoms with van der Waals surface area (Å²) in [5, 5.41) is -0.413. The fourth-order valence-corrected chi connectivity index (χ4v) is 3.17. The van der Waals surface area contributed by atoms with Gasteiger partial charge in [0, 0.05) is 25.2 Å². The first-order valence-electron chi connectivity index (χ1n) is 9.29. The molecule has 1 aliphatic rings. The Labute approximate surface area is 169 Å². The molecule has 0 unspecified atom stereocenters. The number of ether oxygens (including phenoxy) is 1. The van der Waals surface area contributed by atoms with E-state index in [0.717, 1.165) is 18.1 Å². The average Bonchev–Trinajstić information content (AvgIpc) is 3.03. The van der Waals surface area contributed by atoms with Gasteiger partial charge in [0.1, 0.15) is 5.75 Å². The molecule has 0 atom stereocenters. The highest BCUT2D eigenvalue weighted by Crippen LogP contribution is 2.41. The minimum Gasteiger partial charge on any atom is -0.492 e. The summed E-state index contributed by atoms with van der Waals surface area (Å²) in [6.07, 6.45) is -1.94. The van der Waals surface area contributed by atoms with Crippen molar-refractivity contribution in [1.29, 1.82) is 0 Å². The second-order valence-electron chi connectivity index (χ2n) is 7.31. The van der Waals surface area contributed by atoms with Crippen LogP contribution in [0.5, 0.6) is 5.75 Å². The van der Waals surface area contributed by atoms with Crippen molar-refractivity contribution in [2.75, 3.05) is 39.8 Å². The lowest BCUT2D eigenvalue weighted by atomic mass is 10.00. The molecular weight excluding hydrogens is 391 g/mol. The zero-order valence-corrected chi connectivity index (χ0v) is 17.2. The highest BCUT2D eigenvalue weighted by Gasteiger charge is 2.36. The molecule has 1 heterocycles. The number of alkyl halides is 3. The fourth-order valence-electron chi connectivity index (χ4n) is 2.90. The van der Waals surface area contributed by atoms with E-state index < -0.39 is 16.8 Å². The molecule has 0 saturated carbocycles. The van der Waals surface area contributed by atoms with Gasteiger partial charge >= 0.3 is 6.18 Å². The van der Waals surface area contributed by atoms with Crippen molar-refractivity contribution in [1.82, 2.24) is 4.90 Å². The third-order valence-corrected chi connectivity index (χ3v) is 4.80. The van der Waals surface area contributed by atoms with Crippen molar-refractivity contribution in [3.63, 3.8) is 0 Å². The van der Waals surface area contributed by atoms with E-state index in [4.69, 9.17) is 22.1 Å². The lowest BCUT2D eigenvalue weighted by Gasteiger charge is -2.20. The first-order chi connectivity index (χ1) is 13.1. The van der Waals surface area contributed by atoms with Crippen molar-refractivity contribution in [3.05, 3.63) is 39.9 Å². The van der Waals surface area contributed by atoms with E-state index in [1.165, 1.54) is 0 Å². The van der Waals surface area contributed by atoms with Crippen LogP contribution in [0.25, 0.3) is 0 Å². The molecular formula is C20H27ClF3N3O. The molecule has 0 bridgehead atoms. The van der Waals surface area contributed by atoms with Crippen LogP contribution >= 0.6 is 11.6 Å². The molecule has 1 aromatic rings. The summed E-state index contributed by atoms with van der Waals surface area (Å²) in [4.78, 5) is 6.41. The predicted molar refractivity (Wildman–Crippen MR) is 107 cm³/mol. The Morgan fingerprint density at radius 3 is 2.64 bits per heavy atom. The van der Waals surface area contributed by atoms with Crippen molar-refractivity contribution in [2.45, 2.75) is 26.4 Å². The van der Waals surface area contributed by atoms with Crippen LogP contribution in [-0.4, -0.2) is 50.4 Å². The van der Waals surface area contributed by atoms with E-state index >= 15 is 0 Å². The molecule has 0 aliphatic carbocycles. The number of nitrogens with zero attached hydrogens (tertiary/aromatic N) is 2. The summed E-state index contributed by atoms with van der Waals surface area (Å²) in [6, 6.07) is 2.61. The Morgan fingerprint density at radius 1 is 1.32 bits per heavy atom. The molecule has 0 saturated heterocycles. The quantitative estimate of drug-likeness (QED) is 0.647. The SMILES string of the molecule is CC(C)CCOc1cc(C2=NCC=C2CN(C)CCN)cc(C(F)(F)F)c1Cl. The van der Waals surface area contributed by atoms with Gasteiger partial charge in [0.15, 0.2) is 0 Å². The van der Waals surface area contributed by atoms with Crippen LogP contribution in [0, 0.1) is 5.92 Å². The van der Waals surface area contributed by atoms with Crippen LogP contribution in [0.1, 0.15) is 31.4 Å². The fraction of sp³-hybridized carbons (Fsp3) is 0.550. The summed E-state index contributed by atoms with van der Waals surface area (Å²) in [5.74, 6) is 0.410. The maximum absolute atomic E-state index is 13.5. The molecule has 2 rings (SSSR count). The topological polar surface area (TPSA) is 50.8 Å². The van der Waals surface area contributed by atoms with Gasteiger partial charge in [-0.05, 0) is 37.1 Å². The van der Waals surface area contributed by atoms with Gasteiger partial charge < -0.3 is 15.4 Å². The Morgan fingerprint density at radius 2 is 2.04 bits per heavy atom. The van der Waals surface area contributed by atoms with E-state index in [2.05, 4.69) is 4.99 Å². The number of likely N-dealkylation sites (N-methyl/N-ethyl adjacent to an activating group) is 1. The number of hydrogen-bond acceptors (Lipinski definition) is 4. The zero-order chi connectivity index (χ0) is 20.9. The van der Waals surface area contributed by atoms with Gasteiger partial charge in [0.2, 0.25) is 0 Å². The van der Waals surface area contributed by atoms with Crippen LogP contribution in [0.15, 0.2) is 28.8 Å². The summed E-state index contributed by atoms with van der Waals surface area (Å²) in [5.41, 5.74) is 6.45. The molecule has 0 spiro atoms. The van der Waals surface area contributed by atoms with Crippen LogP contribution in [0.2, 0.25) is 5.02 Å². The molecule has 8 heteroatoms. The number of rotatable bonds is 9. The highest BCUT2D eigenvalue weighted by atomic mass is 35.5. The largest absolute Gasteiger partial charge is 0.492 e. The van der Waals surface area contributed by atoms with Crippen LogP contribution in [0.3, 0.4) is 0 Å². The van der Waals surface area contributed by atoms with Gasteiger partial charge in [0.25, 0.3) is 0 Å². The number of benzene rings is 1. The van der Waals surface area contributed by atoms with E-state index in [0.29, 0.717) is 50.0 Å². The number of halogens is 4. The van der Waals surface area contributed by atoms with Crippen molar-refractivity contribution in [2.24, 2.45) is 16.6 Å². The lowest BCUT2D eigenvalue weighted by molar-refractivity contribution is -0.137. The molecule has 0 fully saturated rings. The second kappa shape index (κ2) is 9.76. The van der Waals surface area contributed by atoms with Gasteiger partial charge in [-0.1, -0.05) is 31.5 Å². The third-order valence-electron chi connectivity index (χ3n) is 4.41. The molecule has 2 N–H and O–H groups in total. The summed E-state index contributed by atoms with van der Waals surface area (Å²) < 4.78 is 46.2. The van der Waals surface area contributed by atoms with Gasteiger partial charge in [-0.3, -0.25) is 4.99 Å². The van der Waals surface area contributed by atoms with Gasteiger partial charge in [-0.25, -0.2) is 0 Å². The second-order valence-corrected chi connectivity index (χ2v) is 7.69. The number of nitrogens with two attached hydrogens (primary N) is 1. The van der Waals surface area contributed by atoms with E-state index in [1.807, 2.05) is 31.9 Å². The molecule has 28 heavy (non-hydrogen) atoms. The third kappa shape index (κ3) is 5.96. The Kier molecular flexibility index (Phi) is 7.92. The van der Waals surface area contributed by atoms with E-state index in [-0.39, 0.29) is 5.75 Å². The Hall–Kier alpha value is -1.57. The molecule has 0 amide bonds. The molecule has 0 radical (unpaired) electrons. The summed E-state index contributed by atoms with van der Waals surface area (Å²) in [6.45, 7) is 6.52. The summed E-state index contributed by atoms with van der Waals surface area (Å²) in [7, 11) is 1.91.